The number of rotatable bonds is 6. The van der Waals surface area contributed by atoms with E-state index in [2.05, 4.69) is 10.4 Å². The van der Waals surface area contributed by atoms with Gasteiger partial charge in [0, 0.05) is 18.7 Å². The molecule has 0 atom stereocenters. The summed E-state index contributed by atoms with van der Waals surface area (Å²) in [6, 6.07) is 15.5. The molecular formula is C21H20N4O5S. The second-order valence-electron chi connectivity index (χ2n) is 6.84. The van der Waals surface area contributed by atoms with Crippen LogP contribution >= 0.6 is 0 Å². The molecule has 1 heterocycles. The van der Waals surface area contributed by atoms with E-state index in [1.807, 2.05) is 35.9 Å². The number of aromatic nitrogens is 2. The topological polar surface area (TPSA) is 127 Å². The van der Waals surface area contributed by atoms with E-state index in [4.69, 9.17) is 0 Å². The van der Waals surface area contributed by atoms with Gasteiger partial charge >= 0.3 is 0 Å². The number of aryl methyl sites for hydroxylation is 1. The van der Waals surface area contributed by atoms with Crippen LogP contribution in [0.25, 0.3) is 0 Å². The average molecular weight is 440 g/mol. The van der Waals surface area contributed by atoms with Crippen molar-refractivity contribution in [3.63, 3.8) is 0 Å². The first-order valence-corrected chi connectivity index (χ1v) is 10.7. The number of amides is 2. The minimum absolute atomic E-state index is 0.0293. The highest BCUT2D eigenvalue weighted by atomic mass is 32.2. The Balaban J connectivity index is 1.75. The molecule has 3 aromatic rings. The Morgan fingerprint density at radius 2 is 1.61 bits per heavy atom. The van der Waals surface area contributed by atoms with Gasteiger partial charge in [-0.1, -0.05) is 29.8 Å². The Labute approximate surface area is 178 Å². The Morgan fingerprint density at radius 3 is 2.23 bits per heavy atom. The van der Waals surface area contributed by atoms with Crippen LogP contribution in [0.1, 0.15) is 28.5 Å². The molecule has 2 N–H and O–H groups in total. The first-order valence-electron chi connectivity index (χ1n) is 9.22. The predicted molar refractivity (Wildman–Crippen MR) is 114 cm³/mol. The third-order valence-corrected chi connectivity index (χ3v) is 5.70. The van der Waals surface area contributed by atoms with E-state index in [0.717, 1.165) is 18.1 Å². The largest absolute Gasteiger partial charge is 0.321 e. The summed E-state index contributed by atoms with van der Waals surface area (Å²) in [5.74, 6) is -1.26. The molecule has 31 heavy (non-hydrogen) atoms. The van der Waals surface area contributed by atoms with Gasteiger partial charge in [-0.3, -0.25) is 14.4 Å². The molecule has 0 saturated heterocycles. The molecule has 2 aromatic carbocycles. The summed E-state index contributed by atoms with van der Waals surface area (Å²) in [6.07, 6.45) is 0. The lowest BCUT2D eigenvalue weighted by Gasteiger charge is -2.09. The van der Waals surface area contributed by atoms with Gasteiger partial charge in [0.1, 0.15) is 5.69 Å². The SMILES string of the molecule is CC(=O)NS(=O)(=O)c1ccc(NC(=O)c2ccc(=O)n(Cc3ccc(C)cc3)n2)cc1. The normalized spacial score (nSPS) is 11.0. The lowest BCUT2D eigenvalue weighted by molar-refractivity contribution is -0.117. The van der Waals surface area contributed by atoms with Crippen molar-refractivity contribution in [3.8, 4) is 0 Å². The van der Waals surface area contributed by atoms with Gasteiger partial charge in [0.25, 0.3) is 21.5 Å². The van der Waals surface area contributed by atoms with Crippen molar-refractivity contribution < 1.29 is 18.0 Å². The Morgan fingerprint density at radius 1 is 0.968 bits per heavy atom. The lowest BCUT2D eigenvalue weighted by Crippen LogP contribution is -2.28. The van der Waals surface area contributed by atoms with Gasteiger partial charge in [0.15, 0.2) is 0 Å². The smallest absolute Gasteiger partial charge is 0.276 e. The predicted octanol–water partition coefficient (Wildman–Crippen LogP) is 1.68. The van der Waals surface area contributed by atoms with E-state index < -0.39 is 21.8 Å². The molecule has 0 aliphatic rings. The minimum atomic E-state index is -3.96. The van der Waals surface area contributed by atoms with E-state index in [-0.39, 0.29) is 22.7 Å². The highest BCUT2D eigenvalue weighted by Crippen LogP contribution is 2.14. The van der Waals surface area contributed by atoms with Crippen LogP contribution in [0.4, 0.5) is 5.69 Å². The maximum absolute atomic E-state index is 12.5. The third kappa shape index (κ3) is 5.64. The molecule has 0 aliphatic heterocycles. The van der Waals surface area contributed by atoms with Crippen LogP contribution in [0.3, 0.4) is 0 Å². The fourth-order valence-electron chi connectivity index (χ4n) is 2.71. The van der Waals surface area contributed by atoms with E-state index >= 15 is 0 Å². The Kier molecular flexibility index (Phi) is 6.30. The van der Waals surface area contributed by atoms with E-state index in [9.17, 15) is 22.8 Å². The van der Waals surface area contributed by atoms with Crippen LogP contribution in [0.2, 0.25) is 0 Å². The summed E-state index contributed by atoms with van der Waals surface area (Å²) in [7, 11) is -3.96. The van der Waals surface area contributed by atoms with Gasteiger partial charge in [0.2, 0.25) is 5.91 Å². The third-order valence-electron chi connectivity index (χ3n) is 4.25. The number of hydrogen-bond donors (Lipinski definition) is 2. The molecule has 2 amide bonds. The van der Waals surface area contributed by atoms with Crippen LogP contribution in [-0.4, -0.2) is 30.0 Å². The second kappa shape index (κ2) is 8.92. The van der Waals surface area contributed by atoms with Crippen molar-refractivity contribution in [1.82, 2.24) is 14.5 Å². The molecule has 10 heteroatoms. The first-order chi connectivity index (χ1) is 14.6. The molecule has 0 spiro atoms. The molecule has 0 aliphatic carbocycles. The standard InChI is InChI=1S/C21H20N4O5S/c1-14-3-5-16(6-4-14)13-25-20(27)12-11-19(23-25)21(28)22-17-7-9-18(10-8-17)31(29,30)24-15(2)26/h3-12H,13H2,1-2H3,(H,22,28)(H,24,26). The fraction of sp³-hybridized carbons (Fsp3) is 0.143. The molecule has 3 rings (SSSR count). The van der Waals surface area contributed by atoms with Gasteiger partial charge in [0.05, 0.1) is 11.4 Å². The summed E-state index contributed by atoms with van der Waals surface area (Å²) in [5.41, 5.74) is 1.97. The molecule has 1 aromatic heterocycles. The molecule has 0 unspecified atom stereocenters. The maximum Gasteiger partial charge on any atom is 0.276 e. The lowest BCUT2D eigenvalue weighted by atomic mass is 10.1. The number of nitrogens with one attached hydrogen (secondary N) is 2. The highest BCUT2D eigenvalue weighted by molar-refractivity contribution is 7.90. The van der Waals surface area contributed by atoms with Crippen LogP contribution in [0.15, 0.2) is 70.4 Å². The number of nitrogens with zero attached hydrogens (tertiary/aromatic N) is 2. The highest BCUT2D eigenvalue weighted by Gasteiger charge is 2.16. The van der Waals surface area contributed by atoms with Gasteiger partial charge in [-0.05, 0) is 42.8 Å². The number of hydrogen-bond acceptors (Lipinski definition) is 6. The zero-order valence-electron chi connectivity index (χ0n) is 16.8. The summed E-state index contributed by atoms with van der Waals surface area (Å²) in [4.78, 5) is 35.5. The van der Waals surface area contributed by atoms with Crippen molar-refractivity contribution in [2.24, 2.45) is 0 Å². The van der Waals surface area contributed by atoms with E-state index in [1.54, 1.807) is 0 Å². The second-order valence-corrected chi connectivity index (χ2v) is 8.52. The van der Waals surface area contributed by atoms with Crippen LogP contribution < -0.4 is 15.6 Å². The zero-order chi connectivity index (χ0) is 22.6. The van der Waals surface area contributed by atoms with E-state index in [0.29, 0.717) is 5.69 Å². The number of sulfonamides is 1. The molecule has 9 nitrogen and oxygen atoms in total. The van der Waals surface area contributed by atoms with Crippen LogP contribution in [0.5, 0.6) is 0 Å². The van der Waals surface area contributed by atoms with Crippen molar-refractivity contribution in [2.75, 3.05) is 5.32 Å². The Bertz CT molecular complexity index is 1280. The zero-order valence-corrected chi connectivity index (χ0v) is 17.6. The summed E-state index contributed by atoms with van der Waals surface area (Å²) >= 11 is 0. The molecular weight excluding hydrogens is 420 g/mol. The summed E-state index contributed by atoms with van der Waals surface area (Å²) < 4.78 is 27.0. The molecule has 0 bridgehead atoms. The first kappa shape index (κ1) is 21.9. The van der Waals surface area contributed by atoms with Crippen molar-refractivity contribution in [1.29, 1.82) is 0 Å². The van der Waals surface area contributed by atoms with Gasteiger partial charge in [-0.15, -0.1) is 0 Å². The molecule has 0 fully saturated rings. The van der Waals surface area contributed by atoms with Gasteiger partial charge in [-0.2, -0.15) is 5.10 Å². The molecule has 0 saturated carbocycles. The monoisotopic (exact) mass is 440 g/mol. The van der Waals surface area contributed by atoms with Crippen LogP contribution in [-0.2, 0) is 21.4 Å². The van der Waals surface area contributed by atoms with E-state index in [1.165, 1.54) is 41.1 Å². The fourth-order valence-corrected chi connectivity index (χ4v) is 3.70. The van der Waals surface area contributed by atoms with Crippen molar-refractivity contribution in [2.45, 2.75) is 25.3 Å². The van der Waals surface area contributed by atoms with Gasteiger partial charge in [-0.25, -0.2) is 17.8 Å². The summed E-state index contributed by atoms with van der Waals surface area (Å²) in [6.45, 7) is 3.27. The quantitative estimate of drug-likeness (QED) is 0.600. The molecule has 0 radical (unpaired) electrons. The van der Waals surface area contributed by atoms with Crippen LogP contribution in [0, 0.1) is 6.92 Å². The van der Waals surface area contributed by atoms with Crippen molar-refractivity contribution >= 4 is 27.5 Å². The average Bonchev–Trinajstić information content (AvgIpc) is 2.70. The number of anilines is 1. The van der Waals surface area contributed by atoms with Crippen molar-refractivity contribution in [3.05, 3.63) is 87.8 Å². The minimum Gasteiger partial charge on any atom is -0.321 e. The number of carbonyl (C=O) groups is 2. The van der Waals surface area contributed by atoms with Gasteiger partial charge < -0.3 is 5.32 Å². The Hall–Kier alpha value is -3.79. The summed E-state index contributed by atoms with van der Waals surface area (Å²) in [5, 5.41) is 6.72. The number of carbonyl (C=O) groups excluding carboxylic acids is 2. The maximum atomic E-state index is 12.5. The number of benzene rings is 2. The molecule has 160 valence electrons.